The molecule has 33 heavy (non-hydrogen) atoms. The molecule has 0 aliphatic heterocycles. The molecule has 0 amide bonds. The predicted octanol–water partition coefficient (Wildman–Crippen LogP) is 5.39. The summed E-state index contributed by atoms with van der Waals surface area (Å²) < 4.78 is 1.33. The van der Waals surface area contributed by atoms with Crippen molar-refractivity contribution in [3.8, 4) is 5.75 Å². The summed E-state index contributed by atoms with van der Waals surface area (Å²) in [5.41, 5.74) is 3.36. The van der Waals surface area contributed by atoms with Crippen LogP contribution in [0.2, 0.25) is 0 Å². The topological polar surface area (TPSA) is 67.5 Å². The van der Waals surface area contributed by atoms with E-state index in [4.69, 9.17) is 0 Å². The fourth-order valence-electron chi connectivity index (χ4n) is 7.80. The highest BCUT2D eigenvalue weighted by atomic mass is 32.1. The average molecular weight is 460 g/mol. The van der Waals surface area contributed by atoms with Crippen LogP contribution in [0.3, 0.4) is 0 Å². The van der Waals surface area contributed by atoms with Gasteiger partial charge in [0.25, 0.3) is 5.56 Å². The molecule has 4 bridgehead atoms. The van der Waals surface area contributed by atoms with Crippen LogP contribution in [0, 0.1) is 17.8 Å². The second kappa shape index (κ2) is 7.26. The van der Waals surface area contributed by atoms with Crippen LogP contribution in [0.4, 0.5) is 0 Å². The molecule has 2 heterocycles. The number of aromatic hydroxyl groups is 1. The highest BCUT2D eigenvalue weighted by Crippen LogP contribution is 2.60. The van der Waals surface area contributed by atoms with E-state index in [9.17, 15) is 9.90 Å². The first-order chi connectivity index (χ1) is 16.1. The predicted molar refractivity (Wildman–Crippen MR) is 131 cm³/mol. The van der Waals surface area contributed by atoms with E-state index < -0.39 is 0 Å². The number of thiophene rings is 1. The van der Waals surface area contributed by atoms with Gasteiger partial charge >= 0.3 is 0 Å². The molecule has 5 nitrogen and oxygen atoms in total. The Labute approximate surface area is 197 Å². The van der Waals surface area contributed by atoms with Gasteiger partial charge in [-0.2, -0.15) is 9.78 Å². The van der Waals surface area contributed by atoms with Crippen LogP contribution in [0.25, 0.3) is 10.2 Å². The molecule has 6 heteroatoms. The zero-order valence-corrected chi connectivity index (χ0v) is 19.6. The first-order valence-electron chi connectivity index (χ1n) is 12.5. The number of rotatable bonds is 3. The maximum Gasteiger partial charge on any atom is 0.282 e. The molecular weight excluding hydrogens is 430 g/mol. The van der Waals surface area contributed by atoms with Crippen molar-refractivity contribution in [2.45, 2.75) is 69.6 Å². The number of hydrogen-bond donors (Lipinski definition) is 1. The Morgan fingerprint density at radius 1 is 1.09 bits per heavy atom. The Hall–Kier alpha value is -2.47. The molecule has 170 valence electrons. The number of hydrogen-bond acceptors (Lipinski definition) is 5. The van der Waals surface area contributed by atoms with Gasteiger partial charge in [0, 0.05) is 10.4 Å². The van der Waals surface area contributed by atoms with Crippen LogP contribution >= 0.6 is 11.3 Å². The zero-order valence-electron chi connectivity index (χ0n) is 18.8. The summed E-state index contributed by atoms with van der Waals surface area (Å²) in [5.74, 6) is 2.82. The number of phenolic OH excluding ortho intramolecular Hbond substituents is 1. The Morgan fingerprint density at radius 2 is 1.82 bits per heavy atom. The average Bonchev–Trinajstić information content (AvgIpc) is 3.18. The third-order valence-electron chi connectivity index (χ3n) is 8.86. The summed E-state index contributed by atoms with van der Waals surface area (Å²) in [7, 11) is 0. The molecule has 0 spiro atoms. The number of benzene rings is 1. The van der Waals surface area contributed by atoms with Gasteiger partial charge in [-0.3, -0.25) is 4.79 Å². The quantitative estimate of drug-likeness (QED) is 0.534. The second-order valence-electron chi connectivity index (χ2n) is 11.0. The van der Waals surface area contributed by atoms with Crippen LogP contribution in [0.5, 0.6) is 5.75 Å². The van der Waals surface area contributed by atoms with E-state index in [1.807, 2.05) is 6.07 Å². The Balaban J connectivity index is 1.25. The highest BCUT2D eigenvalue weighted by Gasteiger charge is 2.51. The third-order valence-corrected chi connectivity index (χ3v) is 10.1. The van der Waals surface area contributed by atoms with Crippen molar-refractivity contribution in [2.75, 3.05) is 0 Å². The molecule has 4 saturated carbocycles. The standard InChI is InChI=1S/C27H29N3O2S/c31-22-6-5-20(27-11-16-7-17(12-27)9-18(8-16)13-27)10-19(22)14-29-30-15-28-25-24(26(30)32)21-3-1-2-4-23(21)33-25/h5-6,10,14-18,31H,1-4,7-9,11-13H2/b29-14-. The van der Waals surface area contributed by atoms with Crippen molar-refractivity contribution in [3.63, 3.8) is 0 Å². The van der Waals surface area contributed by atoms with Gasteiger partial charge in [0.1, 0.15) is 16.9 Å². The summed E-state index contributed by atoms with van der Waals surface area (Å²) in [5, 5.41) is 15.8. The maximum absolute atomic E-state index is 13.2. The van der Waals surface area contributed by atoms with Crippen LogP contribution in [-0.2, 0) is 18.3 Å². The fraction of sp³-hybridized carbons (Fsp3) is 0.519. The molecular formula is C27H29N3O2S. The van der Waals surface area contributed by atoms with Crippen molar-refractivity contribution >= 4 is 27.8 Å². The Bertz CT molecular complexity index is 1320. The molecule has 1 N–H and O–H groups in total. The van der Waals surface area contributed by atoms with Gasteiger partial charge in [-0.15, -0.1) is 11.3 Å². The molecule has 0 saturated heterocycles. The normalized spacial score (nSPS) is 30.4. The lowest BCUT2D eigenvalue weighted by atomic mass is 9.48. The molecule has 0 atom stereocenters. The van der Waals surface area contributed by atoms with E-state index in [1.54, 1.807) is 17.6 Å². The number of aryl methyl sites for hydroxylation is 2. The zero-order chi connectivity index (χ0) is 22.2. The largest absolute Gasteiger partial charge is 0.507 e. The molecule has 5 aliphatic rings. The van der Waals surface area contributed by atoms with Crippen LogP contribution < -0.4 is 5.56 Å². The van der Waals surface area contributed by atoms with E-state index in [0.717, 1.165) is 47.2 Å². The van der Waals surface area contributed by atoms with Crippen LogP contribution in [0.1, 0.15) is 72.9 Å². The monoisotopic (exact) mass is 459 g/mol. The van der Waals surface area contributed by atoms with Crippen molar-refractivity contribution in [2.24, 2.45) is 22.9 Å². The van der Waals surface area contributed by atoms with Gasteiger partial charge in [-0.25, -0.2) is 4.98 Å². The fourth-order valence-corrected chi connectivity index (χ4v) is 9.02. The molecule has 0 radical (unpaired) electrons. The molecule has 1 aromatic carbocycles. The van der Waals surface area contributed by atoms with Crippen LogP contribution in [0.15, 0.2) is 34.4 Å². The second-order valence-corrected chi connectivity index (χ2v) is 12.1. The number of phenols is 1. The first-order valence-corrected chi connectivity index (χ1v) is 13.3. The molecule has 0 unspecified atom stereocenters. The number of aromatic nitrogens is 2. The van der Waals surface area contributed by atoms with Gasteiger partial charge in [-0.1, -0.05) is 6.07 Å². The third kappa shape index (κ3) is 3.13. The van der Waals surface area contributed by atoms with Gasteiger partial charge in [0.15, 0.2) is 0 Å². The molecule has 8 rings (SSSR count). The lowest BCUT2D eigenvalue weighted by molar-refractivity contribution is -0.00520. The minimum atomic E-state index is -0.104. The van der Waals surface area contributed by atoms with Gasteiger partial charge in [0.2, 0.25) is 0 Å². The van der Waals surface area contributed by atoms with Gasteiger partial charge < -0.3 is 5.11 Å². The lowest BCUT2D eigenvalue weighted by Crippen LogP contribution is -2.48. The van der Waals surface area contributed by atoms with Gasteiger partial charge in [-0.05, 0) is 111 Å². The van der Waals surface area contributed by atoms with Crippen molar-refractivity contribution < 1.29 is 5.11 Å². The number of fused-ring (bicyclic) bond motifs is 3. The summed E-state index contributed by atoms with van der Waals surface area (Å²) in [6.07, 6.45) is 15.5. The number of nitrogens with zero attached hydrogens (tertiary/aromatic N) is 3. The summed E-state index contributed by atoms with van der Waals surface area (Å²) >= 11 is 1.65. The molecule has 5 aliphatic carbocycles. The highest BCUT2D eigenvalue weighted by molar-refractivity contribution is 7.18. The van der Waals surface area contributed by atoms with E-state index >= 15 is 0 Å². The minimum absolute atomic E-state index is 0.104. The van der Waals surface area contributed by atoms with E-state index in [1.165, 1.54) is 72.0 Å². The first kappa shape index (κ1) is 20.0. The summed E-state index contributed by atoms with van der Waals surface area (Å²) in [6.45, 7) is 0. The van der Waals surface area contributed by atoms with E-state index in [0.29, 0.717) is 5.56 Å². The van der Waals surface area contributed by atoms with Crippen molar-refractivity contribution in [3.05, 3.63) is 56.4 Å². The smallest absolute Gasteiger partial charge is 0.282 e. The van der Waals surface area contributed by atoms with Crippen molar-refractivity contribution in [1.29, 1.82) is 0 Å². The molecule has 3 aromatic rings. The lowest BCUT2D eigenvalue weighted by Gasteiger charge is -2.57. The van der Waals surface area contributed by atoms with E-state index in [-0.39, 0.29) is 16.7 Å². The Morgan fingerprint density at radius 3 is 2.58 bits per heavy atom. The Kier molecular flexibility index (Phi) is 4.39. The molecule has 4 fully saturated rings. The van der Waals surface area contributed by atoms with Gasteiger partial charge in [0.05, 0.1) is 11.6 Å². The van der Waals surface area contributed by atoms with Crippen LogP contribution in [-0.4, -0.2) is 21.0 Å². The van der Waals surface area contributed by atoms with E-state index in [2.05, 4.69) is 22.2 Å². The SMILES string of the molecule is O=c1c2c3c(sc2ncn1/N=C\c1cc(C24CC5CC(CC(C5)C2)C4)ccc1O)CCCC3. The minimum Gasteiger partial charge on any atom is -0.507 e. The summed E-state index contributed by atoms with van der Waals surface area (Å²) in [4.78, 5) is 19.9. The maximum atomic E-state index is 13.2. The molecule has 2 aromatic heterocycles. The van der Waals surface area contributed by atoms with Crippen molar-refractivity contribution in [1.82, 2.24) is 9.66 Å². The summed E-state index contributed by atoms with van der Waals surface area (Å²) in [6, 6.07) is 6.06.